The number of hydrogen-bond donors (Lipinski definition) is 2. The van der Waals surface area contributed by atoms with Crippen molar-refractivity contribution in [3.8, 4) is 0 Å². The summed E-state index contributed by atoms with van der Waals surface area (Å²) < 4.78 is 5.63. The zero-order valence-corrected chi connectivity index (χ0v) is 14.5. The lowest BCUT2D eigenvalue weighted by Crippen LogP contribution is -2.19. The number of nitrogens with one attached hydrogen (secondary N) is 1. The molecule has 0 aliphatic carbocycles. The summed E-state index contributed by atoms with van der Waals surface area (Å²) in [7, 11) is 0. The molecule has 5 heteroatoms. The van der Waals surface area contributed by atoms with Crippen LogP contribution >= 0.6 is 11.8 Å². The molecule has 0 radical (unpaired) electrons. The minimum Gasteiger partial charge on any atom is -0.479 e. The van der Waals surface area contributed by atoms with E-state index in [1.54, 1.807) is 17.8 Å². The molecule has 2 atom stereocenters. The SMILES string of the molecule is CCC(C)c1ccc(NC(C(=O)O)c2ccc(CSC)o2)cc1. The fraction of sp³-hybridized carbons (Fsp3) is 0.389. The number of carboxylic acid groups (broad SMARTS) is 1. The number of carboxylic acids is 1. The molecule has 0 aliphatic heterocycles. The van der Waals surface area contributed by atoms with E-state index in [0.717, 1.165) is 23.6 Å². The number of rotatable bonds is 8. The Balaban J connectivity index is 2.14. The van der Waals surface area contributed by atoms with Crippen LogP contribution in [0.5, 0.6) is 0 Å². The fourth-order valence-electron chi connectivity index (χ4n) is 2.33. The number of furan rings is 1. The molecule has 0 amide bonds. The van der Waals surface area contributed by atoms with Crippen molar-refractivity contribution in [2.75, 3.05) is 11.6 Å². The Hall–Kier alpha value is -1.88. The Morgan fingerprint density at radius 1 is 1.26 bits per heavy atom. The molecule has 0 aliphatic rings. The van der Waals surface area contributed by atoms with E-state index >= 15 is 0 Å². The monoisotopic (exact) mass is 333 g/mol. The Morgan fingerprint density at radius 2 is 1.96 bits per heavy atom. The van der Waals surface area contributed by atoms with E-state index in [1.165, 1.54) is 5.56 Å². The van der Waals surface area contributed by atoms with E-state index in [0.29, 0.717) is 11.7 Å². The van der Waals surface area contributed by atoms with E-state index in [1.807, 2.05) is 36.6 Å². The van der Waals surface area contributed by atoms with Gasteiger partial charge in [-0.05, 0) is 48.4 Å². The van der Waals surface area contributed by atoms with Crippen molar-refractivity contribution in [1.29, 1.82) is 0 Å². The molecule has 1 aromatic carbocycles. The van der Waals surface area contributed by atoms with Crippen molar-refractivity contribution in [1.82, 2.24) is 0 Å². The van der Waals surface area contributed by atoms with Crippen LogP contribution in [0.15, 0.2) is 40.8 Å². The molecular weight excluding hydrogens is 310 g/mol. The summed E-state index contributed by atoms with van der Waals surface area (Å²) in [5.41, 5.74) is 2.03. The van der Waals surface area contributed by atoms with Crippen LogP contribution in [0.4, 0.5) is 5.69 Å². The van der Waals surface area contributed by atoms with Crippen LogP contribution in [0.25, 0.3) is 0 Å². The van der Waals surface area contributed by atoms with Crippen LogP contribution in [0, 0.1) is 0 Å². The Morgan fingerprint density at radius 3 is 2.52 bits per heavy atom. The zero-order valence-electron chi connectivity index (χ0n) is 13.7. The third-order valence-corrected chi connectivity index (χ3v) is 4.48. The molecule has 0 saturated heterocycles. The third-order valence-electron chi connectivity index (χ3n) is 3.90. The van der Waals surface area contributed by atoms with Gasteiger partial charge in [-0.25, -0.2) is 4.79 Å². The third kappa shape index (κ3) is 4.55. The summed E-state index contributed by atoms with van der Waals surface area (Å²) in [4.78, 5) is 11.6. The maximum Gasteiger partial charge on any atom is 0.334 e. The highest BCUT2D eigenvalue weighted by molar-refractivity contribution is 7.97. The molecule has 0 fully saturated rings. The van der Waals surface area contributed by atoms with Crippen molar-refractivity contribution in [3.63, 3.8) is 0 Å². The molecule has 2 N–H and O–H groups in total. The Kier molecular flexibility index (Phi) is 6.16. The molecule has 1 aromatic heterocycles. The van der Waals surface area contributed by atoms with Gasteiger partial charge in [0.15, 0.2) is 6.04 Å². The van der Waals surface area contributed by atoms with Crippen molar-refractivity contribution in [2.45, 2.75) is 38.0 Å². The van der Waals surface area contributed by atoms with E-state index in [-0.39, 0.29) is 0 Å². The van der Waals surface area contributed by atoms with Crippen molar-refractivity contribution < 1.29 is 14.3 Å². The summed E-state index contributed by atoms with van der Waals surface area (Å²) >= 11 is 1.64. The average Bonchev–Trinajstić information content (AvgIpc) is 3.00. The number of hydrogen-bond acceptors (Lipinski definition) is 4. The Labute approximate surface area is 141 Å². The van der Waals surface area contributed by atoms with Crippen molar-refractivity contribution in [2.24, 2.45) is 0 Å². The van der Waals surface area contributed by atoms with E-state index in [4.69, 9.17) is 4.42 Å². The number of benzene rings is 1. The average molecular weight is 333 g/mol. The number of carbonyl (C=O) groups is 1. The van der Waals surface area contributed by atoms with Crippen molar-refractivity contribution in [3.05, 3.63) is 53.5 Å². The van der Waals surface area contributed by atoms with Gasteiger partial charge in [0.1, 0.15) is 11.5 Å². The number of aliphatic carboxylic acids is 1. The summed E-state index contributed by atoms with van der Waals surface area (Å²) in [6.45, 7) is 4.33. The number of anilines is 1. The van der Waals surface area contributed by atoms with Gasteiger partial charge in [-0.15, -0.1) is 0 Å². The summed E-state index contributed by atoms with van der Waals surface area (Å²) in [5, 5.41) is 12.5. The highest BCUT2D eigenvalue weighted by Crippen LogP contribution is 2.25. The normalized spacial score (nSPS) is 13.5. The lowest BCUT2D eigenvalue weighted by molar-refractivity contribution is -0.138. The lowest BCUT2D eigenvalue weighted by atomic mass is 9.98. The lowest BCUT2D eigenvalue weighted by Gasteiger charge is -2.15. The first-order valence-corrected chi connectivity index (χ1v) is 9.11. The largest absolute Gasteiger partial charge is 0.479 e. The first-order valence-electron chi connectivity index (χ1n) is 7.72. The highest BCUT2D eigenvalue weighted by Gasteiger charge is 2.23. The van der Waals surface area contributed by atoms with Crippen LogP contribution in [-0.4, -0.2) is 17.3 Å². The van der Waals surface area contributed by atoms with Gasteiger partial charge in [0.05, 0.1) is 5.75 Å². The highest BCUT2D eigenvalue weighted by atomic mass is 32.2. The van der Waals surface area contributed by atoms with Gasteiger partial charge in [0.25, 0.3) is 0 Å². The smallest absolute Gasteiger partial charge is 0.334 e. The summed E-state index contributed by atoms with van der Waals surface area (Å²) in [6, 6.07) is 10.6. The van der Waals surface area contributed by atoms with Gasteiger partial charge in [-0.2, -0.15) is 11.8 Å². The van der Waals surface area contributed by atoms with Crippen LogP contribution in [-0.2, 0) is 10.5 Å². The molecule has 2 rings (SSSR count). The van der Waals surface area contributed by atoms with Gasteiger partial charge < -0.3 is 14.8 Å². The van der Waals surface area contributed by atoms with Crippen LogP contribution in [0.1, 0.15) is 49.3 Å². The summed E-state index contributed by atoms with van der Waals surface area (Å²) in [5.74, 6) is 1.48. The first-order chi connectivity index (χ1) is 11.0. The molecular formula is C18H23NO3S. The second-order valence-electron chi connectivity index (χ2n) is 5.58. The maximum atomic E-state index is 11.6. The van der Waals surface area contributed by atoms with E-state index < -0.39 is 12.0 Å². The molecule has 0 saturated carbocycles. The first kappa shape index (κ1) is 17.5. The molecule has 2 unspecified atom stereocenters. The Bertz CT molecular complexity index is 636. The predicted molar refractivity (Wildman–Crippen MR) is 95.1 cm³/mol. The van der Waals surface area contributed by atoms with E-state index in [9.17, 15) is 9.90 Å². The zero-order chi connectivity index (χ0) is 16.8. The molecule has 2 aromatic rings. The molecule has 1 heterocycles. The maximum absolute atomic E-state index is 11.6. The van der Waals surface area contributed by atoms with Gasteiger partial charge in [0, 0.05) is 5.69 Å². The molecule has 4 nitrogen and oxygen atoms in total. The molecule has 23 heavy (non-hydrogen) atoms. The van der Waals surface area contributed by atoms with Crippen LogP contribution in [0.2, 0.25) is 0 Å². The van der Waals surface area contributed by atoms with E-state index in [2.05, 4.69) is 19.2 Å². The van der Waals surface area contributed by atoms with Crippen LogP contribution in [0.3, 0.4) is 0 Å². The second-order valence-corrected chi connectivity index (χ2v) is 6.45. The molecule has 0 spiro atoms. The second kappa shape index (κ2) is 8.11. The fourth-order valence-corrected chi connectivity index (χ4v) is 2.77. The predicted octanol–water partition coefficient (Wildman–Crippen LogP) is 4.89. The van der Waals surface area contributed by atoms with Gasteiger partial charge in [-0.1, -0.05) is 26.0 Å². The topological polar surface area (TPSA) is 62.5 Å². The number of thioether (sulfide) groups is 1. The molecule has 0 bridgehead atoms. The van der Waals surface area contributed by atoms with Gasteiger partial charge in [-0.3, -0.25) is 0 Å². The van der Waals surface area contributed by atoms with Crippen molar-refractivity contribution >= 4 is 23.4 Å². The minimum absolute atomic E-state index is 0.424. The molecule has 124 valence electrons. The van der Waals surface area contributed by atoms with Gasteiger partial charge in [0.2, 0.25) is 0 Å². The standard InChI is InChI=1S/C18H23NO3S/c1-4-12(2)13-5-7-14(8-6-13)19-17(18(20)21)16-10-9-15(22-16)11-23-3/h5-10,12,17,19H,4,11H2,1-3H3,(H,20,21). The summed E-state index contributed by atoms with van der Waals surface area (Å²) in [6.07, 6.45) is 3.06. The van der Waals surface area contributed by atoms with Gasteiger partial charge >= 0.3 is 5.97 Å². The minimum atomic E-state index is -0.957. The quantitative estimate of drug-likeness (QED) is 0.720. The van der Waals surface area contributed by atoms with Crippen LogP contribution < -0.4 is 5.32 Å².